The first kappa shape index (κ1) is 21.4. The Morgan fingerprint density at radius 2 is 1.56 bits per heavy atom. The second kappa shape index (κ2) is 8.74. The van der Waals surface area contributed by atoms with Crippen molar-refractivity contribution in [2.75, 3.05) is 19.4 Å². The Morgan fingerprint density at radius 3 is 2.19 bits per heavy atom. The van der Waals surface area contributed by atoms with Crippen molar-refractivity contribution in [3.8, 4) is 16.9 Å². The third kappa shape index (κ3) is 4.29. The van der Waals surface area contributed by atoms with Crippen LogP contribution in [0.2, 0.25) is 0 Å². The van der Waals surface area contributed by atoms with Gasteiger partial charge in [0.25, 0.3) is 5.91 Å². The van der Waals surface area contributed by atoms with E-state index in [1.54, 1.807) is 23.0 Å². The van der Waals surface area contributed by atoms with Crippen molar-refractivity contribution in [2.45, 2.75) is 4.90 Å². The van der Waals surface area contributed by atoms with Gasteiger partial charge in [-0.25, -0.2) is 17.4 Å². The number of benzene rings is 3. The van der Waals surface area contributed by atoms with Crippen LogP contribution >= 0.6 is 0 Å². The van der Waals surface area contributed by atoms with E-state index in [0.29, 0.717) is 11.3 Å². The Morgan fingerprint density at radius 1 is 0.906 bits per heavy atom. The largest absolute Gasteiger partial charge is 0.322 e. The van der Waals surface area contributed by atoms with Crippen LogP contribution in [-0.2, 0) is 10.0 Å². The molecule has 0 atom stereocenters. The summed E-state index contributed by atoms with van der Waals surface area (Å²) in [5.74, 6) is -0.336. The summed E-state index contributed by atoms with van der Waals surface area (Å²) in [5.41, 5.74) is 3.61. The molecule has 0 aliphatic carbocycles. The van der Waals surface area contributed by atoms with Crippen LogP contribution in [0.3, 0.4) is 0 Å². The maximum atomic E-state index is 12.6. The van der Waals surface area contributed by atoms with Gasteiger partial charge < -0.3 is 5.32 Å². The molecule has 3 aromatic carbocycles. The van der Waals surface area contributed by atoms with Gasteiger partial charge in [0.05, 0.1) is 22.5 Å². The molecule has 0 aliphatic heterocycles. The molecule has 0 spiro atoms. The van der Waals surface area contributed by atoms with Crippen molar-refractivity contribution >= 4 is 21.6 Å². The number of amides is 1. The molecule has 1 N–H and O–H groups in total. The molecule has 4 rings (SSSR count). The SMILES string of the molecule is CN(C)S(=O)(=O)c1ccc(C(=O)Nc2ccc(-n3nncc3-c3ccccc3)cc2)cc1. The molecule has 0 unspecified atom stereocenters. The number of sulfonamides is 1. The fourth-order valence-corrected chi connectivity index (χ4v) is 4.01. The van der Waals surface area contributed by atoms with Crippen molar-refractivity contribution < 1.29 is 13.2 Å². The monoisotopic (exact) mass is 447 g/mol. The van der Waals surface area contributed by atoms with E-state index in [2.05, 4.69) is 15.6 Å². The van der Waals surface area contributed by atoms with Gasteiger partial charge in [-0.2, -0.15) is 0 Å². The minimum atomic E-state index is -3.54. The lowest BCUT2D eigenvalue weighted by Crippen LogP contribution is -2.22. The van der Waals surface area contributed by atoms with Crippen molar-refractivity contribution in [1.82, 2.24) is 19.3 Å². The van der Waals surface area contributed by atoms with Crippen LogP contribution in [0.1, 0.15) is 10.4 Å². The van der Waals surface area contributed by atoms with Crippen molar-refractivity contribution in [2.24, 2.45) is 0 Å². The van der Waals surface area contributed by atoms with E-state index in [9.17, 15) is 13.2 Å². The summed E-state index contributed by atoms with van der Waals surface area (Å²) in [5, 5.41) is 11.0. The number of aromatic nitrogens is 3. The molecule has 32 heavy (non-hydrogen) atoms. The van der Waals surface area contributed by atoms with E-state index in [-0.39, 0.29) is 10.8 Å². The number of anilines is 1. The molecule has 0 saturated heterocycles. The van der Waals surface area contributed by atoms with Gasteiger partial charge in [-0.3, -0.25) is 4.79 Å². The topological polar surface area (TPSA) is 97.2 Å². The third-order valence-corrected chi connectivity index (χ3v) is 6.71. The fraction of sp³-hybridized carbons (Fsp3) is 0.0870. The Bertz CT molecular complexity index is 1330. The van der Waals surface area contributed by atoms with Crippen LogP contribution in [0.25, 0.3) is 16.9 Å². The fourth-order valence-electron chi connectivity index (χ4n) is 3.11. The molecule has 1 aromatic heterocycles. The van der Waals surface area contributed by atoms with E-state index < -0.39 is 10.0 Å². The Kier molecular flexibility index (Phi) is 5.85. The first-order valence-electron chi connectivity index (χ1n) is 9.77. The number of rotatable bonds is 6. The molecule has 0 saturated carbocycles. The van der Waals surface area contributed by atoms with Gasteiger partial charge in [0.1, 0.15) is 0 Å². The predicted octanol–water partition coefficient (Wildman–Crippen LogP) is 3.44. The van der Waals surface area contributed by atoms with Crippen molar-refractivity contribution in [3.05, 3.63) is 90.6 Å². The predicted molar refractivity (Wildman–Crippen MR) is 122 cm³/mol. The van der Waals surface area contributed by atoms with Crippen molar-refractivity contribution in [1.29, 1.82) is 0 Å². The highest BCUT2D eigenvalue weighted by atomic mass is 32.2. The standard InChI is InChI=1S/C23H21N5O3S/c1-27(2)32(30,31)21-14-8-18(9-15-21)23(29)25-19-10-12-20(13-11-19)28-22(16-24-26-28)17-6-4-3-5-7-17/h3-16H,1-2H3,(H,25,29). The van der Waals surface area contributed by atoms with E-state index in [1.807, 2.05) is 42.5 Å². The average Bonchev–Trinajstić information content (AvgIpc) is 3.30. The first-order valence-corrected chi connectivity index (χ1v) is 11.2. The van der Waals surface area contributed by atoms with Gasteiger partial charge in [0.15, 0.2) is 0 Å². The number of nitrogens with one attached hydrogen (secondary N) is 1. The molecule has 0 radical (unpaired) electrons. The highest BCUT2D eigenvalue weighted by Crippen LogP contribution is 2.22. The first-order chi connectivity index (χ1) is 15.4. The van der Waals surface area contributed by atoms with E-state index in [4.69, 9.17) is 0 Å². The van der Waals surface area contributed by atoms with Gasteiger partial charge in [-0.05, 0) is 48.5 Å². The number of carbonyl (C=O) groups is 1. The van der Waals surface area contributed by atoms with Gasteiger partial charge in [-0.15, -0.1) is 5.10 Å². The van der Waals surface area contributed by atoms with Gasteiger partial charge in [0.2, 0.25) is 10.0 Å². The number of nitrogens with zero attached hydrogens (tertiary/aromatic N) is 4. The minimum absolute atomic E-state index is 0.130. The van der Waals surface area contributed by atoms with Crippen LogP contribution in [0.15, 0.2) is 90.0 Å². The summed E-state index contributed by atoms with van der Waals surface area (Å²) in [6.07, 6.45) is 1.70. The summed E-state index contributed by atoms with van der Waals surface area (Å²) in [6.45, 7) is 0. The van der Waals surface area contributed by atoms with E-state index >= 15 is 0 Å². The summed E-state index contributed by atoms with van der Waals surface area (Å²) in [6, 6.07) is 22.9. The second-order valence-corrected chi connectivity index (χ2v) is 9.36. The zero-order chi connectivity index (χ0) is 22.7. The highest BCUT2D eigenvalue weighted by Gasteiger charge is 2.17. The average molecular weight is 448 g/mol. The summed E-state index contributed by atoms with van der Waals surface area (Å²) < 4.78 is 27.2. The molecule has 4 aromatic rings. The summed E-state index contributed by atoms with van der Waals surface area (Å²) in [4.78, 5) is 12.7. The zero-order valence-electron chi connectivity index (χ0n) is 17.5. The molecule has 0 aliphatic rings. The maximum absolute atomic E-state index is 12.6. The van der Waals surface area contributed by atoms with Gasteiger partial charge in [0, 0.05) is 30.9 Å². The van der Waals surface area contributed by atoms with Crippen LogP contribution in [-0.4, -0.2) is 47.7 Å². The quantitative estimate of drug-likeness (QED) is 0.488. The minimum Gasteiger partial charge on any atom is -0.322 e. The normalized spacial score (nSPS) is 11.5. The third-order valence-electron chi connectivity index (χ3n) is 4.88. The van der Waals surface area contributed by atoms with E-state index in [1.165, 1.54) is 38.4 Å². The Balaban J connectivity index is 1.49. The number of hydrogen-bond donors (Lipinski definition) is 1. The number of hydrogen-bond acceptors (Lipinski definition) is 5. The summed E-state index contributed by atoms with van der Waals surface area (Å²) in [7, 11) is -0.620. The lowest BCUT2D eigenvalue weighted by atomic mass is 10.1. The molecule has 9 heteroatoms. The molecule has 1 heterocycles. The second-order valence-electron chi connectivity index (χ2n) is 7.21. The molecule has 1 amide bonds. The lowest BCUT2D eigenvalue weighted by molar-refractivity contribution is 0.102. The van der Waals surface area contributed by atoms with Crippen molar-refractivity contribution in [3.63, 3.8) is 0 Å². The molecular formula is C23H21N5O3S. The molecule has 0 bridgehead atoms. The van der Waals surface area contributed by atoms with Gasteiger partial charge >= 0.3 is 0 Å². The van der Waals surface area contributed by atoms with Crippen LogP contribution in [0.5, 0.6) is 0 Å². The maximum Gasteiger partial charge on any atom is 0.255 e. The smallest absolute Gasteiger partial charge is 0.255 e. The van der Waals surface area contributed by atoms with Crippen LogP contribution in [0.4, 0.5) is 5.69 Å². The molecule has 0 fully saturated rings. The van der Waals surface area contributed by atoms with Crippen LogP contribution in [0, 0.1) is 0 Å². The van der Waals surface area contributed by atoms with Crippen LogP contribution < -0.4 is 5.32 Å². The summed E-state index contributed by atoms with van der Waals surface area (Å²) >= 11 is 0. The zero-order valence-corrected chi connectivity index (χ0v) is 18.3. The van der Waals surface area contributed by atoms with Gasteiger partial charge in [-0.1, -0.05) is 35.5 Å². The molecule has 162 valence electrons. The Hall–Kier alpha value is -3.82. The molecule has 8 nitrogen and oxygen atoms in total. The Labute approximate surface area is 186 Å². The van der Waals surface area contributed by atoms with E-state index in [0.717, 1.165) is 21.2 Å². The lowest BCUT2D eigenvalue weighted by Gasteiger charge is -2.12. The molecular weight excluding hydrogens is 426 g/mol. The number of carbonyl (C=O) groups excluding carboxylic acids is 1. The highest BCUT2D eigenvalue weighted by molar-refractivity contribution is 7.89.